The molecule has 1 amide bonds. The van der Waals surface area contributed by atoms with E-state index < -0.39 is 6.61 Å². The maximum Gasteiger partial charge on any atom is 0.387 e. The predicted octanol–water partition coefficient (Wildman–Crippen LogP) is 3.78. The van der Waals surface area contributed by atoms with Crippen molar-refractivity contribution in [1.82, 2.24) is 14.9 Å². The van der Waals surface area contributed by atoms with Gasteiger partial charge in [-0.25, -0.2) is 4.98 Å². The molecule has 3 aromatic rings. The summed E-state index contributed by atoms with van der Waals surface area (Å²) in [6.07, 6.45) is 3.05. The van der Waals surface area contributed by atoms with Crippen LogP contribution in [0.2, 0.25) is 0 Å². The largest absolute Gasteiger partial charge is 0.439 e. The van der Waals surface area contributed by atoms with E-state index >= 15 is 0 Å². The van der Waals surface area contributed by atoms with Gasteiger partial charge in [0, 0.05) is 50.0 Å². The van der Waals surface area contributed by atoms with Crippen molar-refractivity contribution in [3.8, 4) is 11.8 Å². The molecule has 4 rings (SSSR count). The number of anilines is 1. The number of alkyl halides is 2. The Morgan fingerprint density at radius 3 is 2.59 bits per heavy atom. The predicted molar refractivity (Wildman–Crippen MR) is 112 cm³/mol. The third kappa shape index (κ3) is 4.32. The first-order valence-corrected chi connectivity index (χ1v) is 10.1. The Kier molecular flexibility index (Phi) is 5.90. The minimum Gasteiger partial charge on any atom is -0.439 e. The Morgan fingerprint density at radius 1 is 1.19 bits per heavy atom. The zero-order valence-corrected chi connectivity index (χ0v) is 17.6. The smallest absolute Gasteiger partial charge is 0.387 e. The van der Waals surface area contributed by atoms with E-state index in [1.807, 2.05) is 24.8 Å². The van der Waals surface area contributed by atoms with Gasteiger partial charge < -0.3 is 19.0 Å². The first-order valence-electron chi connectivity index (χ1n) is 10.1. The highest BCUT2D eigenvalue weighted by molar-refractivity contribution is 6.03. The van der Waals surface area contributed by atoms with Gasteiger partial charge in [-0.3, -0.25) is 9.78 Å². The van der Waals surface area contributed by atoms with Gasteiger partial charge in [-0.15, -0.1) is 0 Å². The Labute approximate surface area is 183 Å². The number of carbonyl (C=O) groups is 1. The number of hydrogen-bond acceptors (Lipinski definition) is 7. The van der Waals surface area contributed by atoms with E-state index in [2.05, 4.69) is 14.7 Å². The maximum atomic E-state index is 13.1. The molecule has 166 valence electrons. The van der Waals surface area contributed by atoms with Crippen LogP contribution in [0.1, 0.15) is 41.6 Å². The molecular formula is C22H21F2N5O3. The van der Waals surface area contributed by atoms with Gasteiger partial charge >= 0.3 is 6.61 Å². The van der Waals surface area contributed by atoms with E-state index in [4.69, 9.17) is 4.42 Å². The number of ether oxygens (including phenoxy) is 1. The summed E-state index contributed by atoms with van der Waals surface area (Å²) in [5, 5.41) is 9.20. The molecule has 0 atom stereocenters. The normalized spacial score (nSPS) is 14.3. The third-order valence-electron chi connectivity index (χ3n) is 5.22. The molecule has 0 spiro atoms. The first kappa shape index (κ1) is 21.5. The van der Waals surface area contributed by atoms with Crippen molar-refractivity contribution in [3.63, 3.8) is 0 Å². The molecule has 32 heavy (non-hydrogen) atoms. The molecule has 0 radical (unpaired) electrons. The van der Waals surface area contributed by atoms with Crippen molar-refractivity contribution in [1.29, 1.82) is 5.26 Å². The molecule has 0 aliphatic carbocycles. The van der Waals surface area contributed by atoms with Crippen LogP contribution in [-0.4, -0.2) is 53.6 Å². The summed E-state index contributed by atoms with van der Waals surface area (Å²) in [6.45, 7) is 2.67. The summed E-state index contributed by atoms with van der Waals surface area (Å²) in [7, 11) is 0. The average molecular weight is 441 g/mol. The Balaban J connectivity index is 1.50. The van der Waals surface area contributed by atoms with Gasteiger partial charge in [-0.2, -0.15) is 14.0 Å². The number of pyridine rings is 1. The molecule has 1 saturated heterocycles. The number of piperazine rings is 1. The molecule has 3 heterocycles. The molecule has 2 aromatic heterocycles. The quantitative estimate of drug-likeness (QED) is 0.595. The number of carbonyl (C=O) groups excluding carboxylic acids is 1. The molecule has 1 aliphatic heterocycles. The monoisotopic (exact) mass is 441 g/mol. The highest BCUT2D eigenvalue weighted by Gasteiger charge is 2.26. The lowest BCUT2D eigenvalue weighted by Gasteiger charge is -2.36. The van der Waals surface area contributed by atoms with Gasteiger partial charge in [-0.05, 0) is 12.1 Å². The van der Waals surface area contributed by atoms with E-state index in [9.17, 15) is 18.8 Å². The number of rotatable bonds is 5. The SMILES string of the molecule is CC(C)c1nc2cncc(C(=O)N3CCN(c4cc(C#N)cc(OC(F)F)c4)CC3)c2o1. The average Bonchev–Trinajstić information content (AvgIpc) is 3.23. The van der Waals surface area contributed by atoms with Gasteiger partial charge in [-0.1, -0.05) is 13.8 Å². The molecule has 0 N–H and O–H groups in total. The lowest BCUT2D eigenvalue weighted by atomic mass is 10.1. The summed E-state index contributed by atoms with van der Waals surface area (Å²) in [6, 6.07) is 6.31. The lowest BCUT2D eigenvalue weighted by Crippen LogP contribution is -2.48. The van der Waals surface area contributed by atoms with Crippen LogP contribution >= 0.6 is 0 Å². The van der Waals surface area contributed by atoms with Crippen LogP contribution in [0.3, 0.4) is 0 Å². The van der Waals surface area contributed by atoms with Crippen molar-refractivity contribution in [3.05, 3.63) is 47.6 Å². The number of benzene rings is 1. The van der Waals surface area contributed by atoms with Gasteiger partial charge in [0.05, 0.1) is 17.8 Å². The second-order valence-corrected chi connectivity index (χ2v) is 7.73. The fraction of sp³-hybridized carbons (Fsp3) is 0.364. The summed E-state index contributed by atoms with van der Waals surface area (Å²) >= 11 is 0. The van der Waals surface area contributed by atoms with Crippen LogP contribution in [-0.2, 0) is 0 Å². The summed E-state index contributed by atoms with van der Waals surface area (Å²) in [5.74, 6) is 0.348. The second kappa shape index (κ2) is 8.78. The van der Waals surface area contributed by atoms with Crippen molar-refractivity contribution < 1.29 is 22.7 Å². The van der Waals surface area contributed by atoms with Crippen molar-refractivity contribution in [2.24, 2.45) is 0 Å². The number of nitriles is 1. The van der Waals surface area contributed by atoms with E-state index in [-0.39, 0.29) is 23.1 Å². The minimum atomic E-state index is -2.98. The Bertz CT molecular complexity index is 1180. The molecule has 0 saturated carbocycles. The lowest BCUT2D eigenvalue weighted by molar-refractivity contribution is -0.0498. The highest BCUT2D eigenvalue weighted by Crippen LogP contribution is 2.28. The topological polar surface area (TPSA) is 95.5 Å². The van der Waals surface area contributed by atoms with Crippen molar-refractivity contribution >= 4 is 22.7 Å². The molecule has 10 heteroatoms. The van der Waals surface area contributed by atoms with Crippen molar-refractivity contribution in [2.75, 3.05) is 31.1 Å². The minimum absolute atomic E-state index is 0.0726. The standard InChI is InChI=1S/C22H21F2N5O3/c1-13(2)20-27-18-12-26-11-17(19(18)32-20)21(30)29-5-3-28(4-6-29)15-7-14(10-25)8-16(9-15)31-22(23)24/h7-9,11-13,22H,3-6H2,1-2H3. The van der Waals surface area contributed by atoms with E-state index in [1.165, 1.54) is 18.3 Å². The molecule has 1 aromatic carbocycles. The first-order chi connectivity index (χ1) is 15.4. The zero-order chi connectivity index (χ0) is 22.8. The number of hydrogen-bond donors (Lipinski definition) is 0. The second-order valence-electron chi connectivity index (χ2n) is 7.73. The van der Waals surface area contributed by atoms with Gasteiger partial charge in [0.2, 0.25) is 0 Å². The summed E-state index contributed by atoms with van der Waals surface area (Å²) in [4.78, 5) is 25.3. The van der Waals surface area contributed by atoms with Crippen LogP contribution in [0.25, 0.3) is 11.1 Å². The van der Waals surface area contributed by atoms with Gasteiger partial charge in [0.25, 0.3) is 5.91 Å². The van der Waals surface area contributed by atoms with Crippen LogP contribution in [0.15, 0.2) is 35.0 Å². The van der Waals surface area contributed by atoms with E-state index in [0.717, 1.165) is 0 Å². The Hall–Kier alpha value is -3.74. The fourth-order valence-electron chi connectivity index (χ4n) is 3.61. The van der Waals surface area contributed by atoms with E-state index in [1.54, 1.807) is 17.2 Å². The fourth-order valence-corrected chi connectivity index (χ4v) is 3.61. The molecule has 1 aliphatic rings. The van der Waals surface area contributed by atoms with E-state index in [0.29, 0.717) is 54.4 Å². The number of oxazole rings is 1. The number of aromatic nitrogens is 2. The van der Waals surface area contributed by atoms with Gasteiger partial charge in [0.1, 0.15) is 16.8 Å². The van der Waals surface area contributed by atoms with Gasteiger partial charge in [0.15, 0.2) is 11.5 Å². The zero-order valence-electron chi connectivity index (χ0n) is 17.6. The van der Waals surface area contributed by atoms with Crippen molar-refractivity contribution in [2.45, 2.75) is 26.4 Å². The number of fused-ring (bicyclic) bond motifs is 1. The number of nitrogens with zero attached hydrogens (tertiary/aromatic N) is 5. The number of halogens is 2. The Morgan fingerprint density at radius 2 is 1.94 bits per heavy atom. The number of amides is 1. The molecular weight excluding hydrogens is 420 g/mol. The van der Waals surface area contributed by atoms with Crippen LogP contribution in [0.4, 0.5) is 14.5 Å². The molecule has 0 unspecified atom stereocenters. The summed E-state index contributed by atoms with van der Waals surface area (Å²) in [5.41, 5.74) is 2.13. The maximum absolute atomic E-state index is 13.1. The summed E-state index contributed by atoms with van der Waals surface area (Å²) < 4.78 is 35.5. The molecule has 0 bridgehead atoms. The third-order valence-corrected chi connectivity index (χ3v) is 5.22. The van der Waals surface area contributed by atoms with Crippen LogP contribution in [0.5, 0.6) is 5.75 Å². The molecule has 1 fully saturated rings. The molecule has 8 nitrogen and oxygen atoms in total. The van der Waals surface area contributed by atoms with Crippen LogP contribution < -0.4 is 9.64 Å². The van der Waals surface area contributed by atoms with Crippen LogP contribution in [0, 0.1) is 11.3 Å². The highest BCUT2D eigenvalue weighted by atomic mass is 19.3.